The summed E-state index contributed by atoms with van der Waals surface area (Å²) in [5, 5.41) is 14.6. The normalized spacial score (nSPS) is 12.6. The minimum absolute atomic E-state index is 0.119. The van der Waals surface area contributed by atoms with E-state index in [1.165, 1.54) is 10.9 Å². The largest absolute Gasteiger partial charge is 0.394 e. The topological polar surface area (TPSA) is 32.3 Å². The number of aliphatic hydroxyl groups excluding tert-OH is 1. The highest BCUT2D eigenvalue weighted by molar-refractivity contribution is 7.09. The maximum atomic E-state index is 13.7. The summed E-state index contributed by atoms with van der Waals surface area (Å²) in [7, 11) is 0. The maximum absolute atomic E-state index is 13.7. The van der Waals surface area contributed by atoms with E-state index in [0.717, 1.165) is 5.56 Å². The van der Waals surface area contributed by atoms with E-state index in [-0.39, 0.29) is 18.5 Å². The van der Waals surface area contributed by atoms with Crippen LogP contribution in [0, 0.1) is 12.7 Å². The van der Waals surface area contributed by atoms with Crippen LogP contribution >= 0.6 is 11.3 Å². The second-order valence-corrected chi connectivity index (χ2v) is 5.25. The van der Waals surface area contributed by atoms with Crippen molar-refractivity contribution in [2.45, 2.75) is 19.5 Å². The molecule has 4 heteroatoms. The molecule has 0 aliphatic heterocycles. The number of hydrogen-bond donors (Lipinski definition) is 2. The van der Waals surface area contributed by atoms with E-state index < -0.39 is 0 Å². The van der Waals surface area contributed by atoms with Crippen LogP contribution in [-0.2, 0) is 6.54 Å². The van der Waals surface area contributed by atoms with Crippen LogP contribution in [0.4, 0.5) is 4.39 Å². The van der Waals surface area contributed by atoms with Crippen LogP contribution in [0.25, 0.3) is 0 Å². The third kappa shape index (κ3) is 3.16. The Balaban J connectivity index is 2.10. The molecule has 1 heterocycles. The van der Waals surface area contributed by atoms with E-state index in [0.29, 0.717) is 12.1 Å². The number of benzene rings is 1. The van der Waals surface area contributed by atoms with E-state index >= 15 is 0 Å². The fraction of sp³-hybridized carbons (Fsp3) is 0.286. The van der Waals surface area contributed by atoms with Crippen molar-refractivity contribution in [3.63, 3.8) is 0 Å². The second kappa shape index (κ2) is 6.09. The summed E-state index contributed by atoms with van der Waals surface area (Å²) >= 11 is 1.64. The van der Waals surface area contributed by atoms with E-state index in [9.17, 15) is 9.50 Å². The van der Waals surface area contributed by atoms with Crippen LogP contribution in [0.5, 0.6) is 0 Å². The molecular weight excluding hydrogens is 249 g/mol. The van der Waals surface area contributed by atoms with Crippen molar-refractivity contribution in [3.8, 4) is 0 Å². The summed E-state index contributed by atoms with van der Waals surface area (Å²) in [6.07, 6.45) is 0. The molecule has 96 valence electrons. The second-order valence-electron chi connectivity index (χ2n) is 4.22. The van der Waals surface area contributed by atoms with Crippen molar-refractivity contribution >= 4 is 11.3 Å². The van der Waals surface area contributed by atoms with Crippen LogP contribution in [0.3, 0.4) is 0 Å². The van der Waals surface area contributed by atoms with Gasteiger partial charge in [0.1, 0.15) is 5.82 Å². The number of thiophene rings is 1. The van der Waals surface area contributed by atoms with Gasteiger partial charge in [-0.1, -0.05) is 23.8 Å². The van der Waals surface area contributed by atoms with Crippen molar-refractivity contribution in [3.05, 3.63) is 57.5 Å². The zero-order valence-electron chi connectivity index (χ0n) is 10.2. The van der Waals surface area contributed by atoms with Crippen molar-refractivity contribution in [1.29, 1.82) is 0 Å². The van der Waals surface area contributed by atoms with E-state index in [2.05, 4.69) is 5.32 Å². The molecule has 1 aromatic heterocycles. The van der Waals surface area contributed by atoms with Gasteiger partial charge in [0.25, 0.3) is 0 Å². The molecule has 0 aliphatic carbocycles. The number of aryl methyl sites for hydroxylation is 1. The van der Waals surface area contributed by atoms with Crippen molar-refractivity contribution in [2.24, 2.45) is 0 Å². The number of rotatable bonds is 5. The zero-order valence-corrected chi connectivity index (χ0v) is 11.0. The summed E-state index contributed by atoms with van der Waals surface area (Å²) in [6.45, 7) is 2.43. The lowest BCUT2D eigenvalue weighted by molar-refractivity contribution is 0.241. The quantitative estimate of drug-likeness (QED) is 0.871. The Hall–Kier alpha value is -1.23. The molecule has 0 radical (unpaired) electrons. The first-order valence-electron chi connectivity index (χ1n) is 5.83. The van der Waals surface area contributed by atoms with Gasteiger partial charge in [-0.25, -0.2) is 4.39 Å². The Morgan fingerprint density at radius 1 is 1.39 bits per heavy atom. The highest BCUT2D eigenvalue weighted by atomic mass is 32.1. The van der Waals surface area contributed by atoms with Gasteiger partial charge < -0.3 is 10.4 Å². The van der Waals surface area contributed by atoms with Crippen LogP contribution in [0.15, 0.2) is 35.7 Å². The highest BCUT2D eigenvalue weighted by Gasteiger charge is 2.14. The van der Waals surface area contributed by atoms with Gasteiger partial charge in [-0.05, 0) is 24.4 Å². The van der Waals surface area contributed by atoms with Gasteiger partial charge in [-0.3, -0.25) is 0 Å². The third-order valence-corrected chi connectivity index (χ3v) is 3.69. The SMILES string of the molecule is Cc1ccc(F)c(C(CO)NCc2cccs2)c1. The molecule has 0 saturated heterocycles. The van der Waals surface area contributed by atoms with E-state index in [1.807, 2.05) is 24.4 Å². The molecule has 1 unspecified atom stereocenters. The van der Waals surface area contributed by atoms with Gasteiger partial charge in [0.2, 0.25) is 0 Å². The summed E-state index contributed by atoms with van der Waals surface area (Å²) in [6, 6.07) is 8.57. The first-order valence-corrected chi connectivity index (χ1v) is 6.71. The monoisotopic (exact) mass is 265 g/mol. The summed E-state index contributed by atoms with van der Waals surface area (Å²) in [4.78, 5) is 1.17. The Bertz CT molecular complexity index is 499. The molecule has 1 atom stereocenters. The molecule has 1 aromatic carbocycles. The average molecular weight is 265 g/mol. The predicted molar refractivity (Wildman–Crippen MR) is 72.1 cm³/mol. The lowest BCUT2D eigenvalue weighted by Gasteiger charge is -2.17. The third-order valence-electron chi connectivity index (χ3n) is 2.81. The van der Waals surface area contributed by atoms with Gasteiger partial charge in [-0.15, -0.1) is 11.3 Å². The molecule has 2 rings (SSSR count). The van der Waals surface area contributed by atoms with Gasteiger partial charge in [0.05, 0.1) is 12.6 Å². The molecular formula is C14H16FNOS. The standard InChI is InChI=1S/C14H16FNOS/c1-10-4-5-13(15)12(7-10)14(9-17)16-8-11-3-2-6-18-11/h2-7,14,16-17H,8-9H2,1H3. The first-order chi connectivity index (χ1) is 8.70. The van der Waals surface area contributed by atoms with E-state index in [1.54, 1.807) is 23.5 Å². The predicted octanol–water partition coefficient (Wildman–Crippen LogP) is 3.02. The number of hydrogen-bond acceptors (Lipinski definition) is 3. The molecule has 18 heavy (non-hydrogen) atoms. The molecule has 0 aliphatic rings. The number of nitrogens with one attached hydrogen (secondary N) is 1. The molecule has 2 N–H and O–H groups in total. The van der Waals surface area contributed by atoms with Gasteiger partial charge in [0, 0.05) is 17.0 Å². The van der Waals surface area contributed by atoms with Gasteiger partial charge >= 0.3 is 0 Å². The molecule has 2 nitrogen and oxygen atoms in total. The Morgan fingerprint density at radius 3 is 2.89 bits per heavy atom. The number of aliphatic hydroxyl groups is 1. The highest BCUT2D eigenvalue weighted by Crippen LogP contribution is 2.19. The molecule has 0 bridgehead atoms. The van der Waals surface area contributed by atoms with Gasteiger partial charge in [0.15, 0.2) is 0 Å². The fourth-order valence-electron chi connectivity index (χ4n) is 1.84. The van der Waals surface area contributed by atoms with Crippen LogP contribution in [0.1, 0.15) is 22.0 Å². The lowest BCUT2D eigenvalue weighted by atomic mass is 10.0. The molecule has 0 fully saturated rings. The average Bonchev–Trinajstić information content (AvgIpc) is 2.87. The maximum Gasteiger partial charge on any atom is 0.128 e. The first kappa shape index (κ1) is 13.2. The van der Waals surface area contributed by atoms with Crippen LogP contribution < -0.4 is 5.32 Å². The lowest BCUT2D eigenvalue weighted by Crippen LogP contribution is -2.24. The van der Waals surface area contributed by atoms with E-state index in [4.69, 9.17) is 0 Å². The minimum atomic E-state index is -0.369. The summed E-state index contributed by atoms with van der Waals surface area (Å²) < 4.78 is 13.7. The Labute approximate surface area is 110 Å². The Kier molecular flexibility index (Phi) is 4.47. The van der Waals surface area contributed by atoms with Crippen molar-refractivity contribution in [1.82, 2.24) is 5.32 Å². The zero-order chi connectivity index (χ0) is 13.0. The summed E-state index contributed by atoms with van der Waals surface area (Å²) in [5.41, 5.74) is 1.51. The molecule has 0 saturated carbocycles. The fourth-order valence-corrected chi connectivity index (χ4v) is 2.50. The van der Waals surface area contributed by atoms with Crippen LogP contribution in [0.2, 0.25) is 0 Å². The van der Waals surface area contributed by atoms with Crippen LogP contribution in [-0.4, -0.2) is 11.7 Å². The Morgan fingerprint density at radius 2 is 2.22 bits per heavy atom. The summed E-state index contributed by atoms with van der Waals surface area (Å²) in [5.74, 6) is -0.279. The van der Waals surface area contributed by atoms with Gasteiger partial charge in [-0.2, -0.15) is 0 Å². The molecule has 0 amide bonds. The van der Waals surface area contributed by atoms with Crippen molar-refractivity contribution in [2.75, 3.05) is 6.61 Å². The molecule has 2 aromatic rings. The molecule has 0 spiro atoms. The minimum Gasteiger partial charge on any atom is -0.394 e. The number of halogens is 1. The van der Waals surface area contributed by atoms with Crippen molar-refractivity contribution < 1.29 is 9.50 Å². The smallest absolute Gasteiger partial charge is 0.128 e.